The molecule has 0 unspecified atom stereocenters. The first kappa shape index (κ1) is 35.0. The molecule has 0 bridgehead atoms. The molecule has 4 fully saturated rings. The van der Waals surface area contributed by atoms with E-state index in [4.69, 9.17) is 14.2 Å². The topological polar surface area (TPSA) is 119 Å². The molecule has 9 nitrogen and oxygen atoms in total. The van der Waals surface area contributed by atoms with Gasteiger partial charge in [-0.2, -0.15) is 0 Å². The highest BCUT2D eigenvalue weighted by Crippen LogP contribution is 2.70. The van der Waals surface area contributed by atoms with E-state index in [2.05, 4.69) is 13.8 Å². The van der Waals surface area contributed by atoms with Gasteiger partial charge >= 0.3 is 5.97 Å². The van der Waals surface area contributed by atoms with E-state index < -0.39 is 47.5 Å². The highest BCUT2D eigenvalue weighted by atomic mass is 16.7. The van der Waals surface area contributed by atoms with Crippen molar-refractivity contribution in [2.24, 2.45) is 28.6 Å². The predicted molar refractivity (Wildman–Crippen MR) is 185 cm³/mol. The summed E-state index contributed by atoms with van der Waals surface area (Å²) in [6.07, 6.45) is 6.39. The van der Waals surface area contributed by atoms with Gasteiger partial charge in [-0.05, 0) is 72.8 Å². The molecular weight excluding hydrogens is 634 g/mol. The number of benzene rings is 2. The third-order valence-electron chi connectivity index (χ3n) is 12.5. The van der Waals surface area contributed by atoms with Crippen molar-refractivity contribution in [1.29, 1.82) is 0 Å². The molecule has 5 aliphatic rings. The summed E-state index contributed by atoms with van der Waals surface area (Å²) < 4.78 is 19.6. The molecule has 1 heterocycles. The molecule has 2 aromatic rings. The third-order valence-corrected chi connectivity index (χ3v) is 12.5. The molecule has 4 aliphatic carbocycles. The Morgan fingerprint density at radius 3 is 2.32 bits per heavy atom. The van der Waals surface area contributed by atoms with Crippen molar-refractivity contribution in [2.75, 3.05) is 34.3 Å². The molecule has 1 aliphatic heterocycles. The summed E-state index contributed by atoms with van der Waals surface area (Å²) in [6.45, 7) is 3.89. The number of carbonyl (C=O) groups is 3. The number of nitrogens with zero attached hydrogens (tertiary/aromatic N) is 1. The van der Waals surface area contributed by atoms with E-state index in [1.54, 1.807) is 12.2 Å². The number of fused-ring (bicyclic) bond motifs is 7. The molecule has 50 heavy (non-hydrogen) atoms. The number of allylic oxidation sites excluding steroid dienone is 4. The SMILES string of the molecule is C[C@]12C=CC(=O)C=C1CC[C@@H]1[C@@H]2[C@@H](O)C[C@@]2(C)[C@H]1C[C@H]1O[C@@H](c3ccc(Cc4ccc(CO)cc4)cc3)O[C@]12C(=O)COC(=O)C[N+](C)(C)C. The largest absolute Gasteiger partial charge is 0.453 e. The van der Waals surface area contributed by atoms with Crippen LogP contribution in [0.15, 0.2) is 72.3 Å². The lowest BCUT2D eigenvalue weighted by molar-refractivity contribution is -0.862. The second-order valence-corrected chi connectivity index (χ2v) is 16.7. The molecule has 0 radical (unpaired) electrons. The molecule has 9 heteroatoms. The number of aliphatic hydroxyl groups excluding tert-OH is 2. The van der Waals surface area contributed by atoms with E-state index in [-0.39, 0.29) is 42.5 Å². The second kappa shape index (κ2) is 12.6. The minimum Gasteiger partial charge on any atom is -0.453 e. The summed E-state index contributed by atoms with van der Waals surface area (Å²) in [7, 11) is 5.67. The second-order valence-electron chi connectivity index (χ2n) is 16.7. The maximum absolute atomic E-state index is 14.6. The lowest BCUT2D eigenvalue weighted by Crippen LogP contribution is -2.63. The summed E-state index contributed by atoms with van der Waals surface area (Å²) in [5.41, 5.74) is 2.31. The van der Waals surface area contributed by atoms with Crippen LogP contribution in [0.3, 0.4) is 0 Å². The van der Waals surface area contributed by atoms with Crippen LogP contribution in [0.4, 0.5) is 0 Å². The van der Waals surface area contributed by atoms with Gasteiger partial charge in [0.15, 0.2) is 30.8 Å². The molecule has 0 spiro atoms. The number of ketones is 2. The Hall–Kier alpha value is -3.47. The number of quaternary nitrogens is 1. The number of aliphatic hydroxyl groups is 2. The molecular formula is C41H50NO8+. The maximum Gasteiger partial charge on any atom is 0.362 e. The minimum atomic E-state index is -1.42. The molecule has 266 valence electrons. The standard InChI is InChI=1S/C41H50NO8/c1-39-17-16-30(44)19-29(39)14-15-31-32-20-35-41(40(32,2)21-33(45)37(31)39,34(46)24-48-36(47)22-42(3,4)5)50-38(49-35)28-12-10-26(11-13-28)18-25-6-8-27(23-43)9-7-25/h6-13,16-17,19,31-33,35,37-38,43,45H,14-15,18,20-24H2,1-5H3/q+1/t31-,32-,33-,35+,37+,38+,39-,40-,41+/m0/s1. The summed E-state index contributed by atoms with van der Waals surface area (Å²) in [5, 5.41) is 21.4. The van der Waals surface area contributed by atoms with Crippen LogP contribution in [0.1, 0.15) is 68.1 Å². The van der Waals surface area contributed by atoms with Crippen LogP contribution in [0.2, 0.25) is 0 Å². The Kier molecular flexibility index (Phi) is 8.83. The fourth-order valence-electron chi connectivity index (χ4n) is 10.2. The van der Waals surface area contributed by atoms with Gasteiger partial charge in [0, 0.05) is 22.3 Å². The van der Waals surface area contributed by atoms with E-state index in [0.717, 1.165) is 47.1 Å². The number of esters is 1. The summed E-state index contributed by atoms with van der Waals surface area (Å²) >= 11 is 0. The van der Waals surface area contributed by atoms with Gasteiger partial charge in [0.05, 0.1) is 40.0 Å². The Morgan fingerprint density at radius 2 is 1.66 bits per heavy atom. The van der Waals surface area contributed by atoms with Crippen molar-refractivity contribution in [3.05, 3.63) is 94.6 Å². The van der Waals surface area contributed by atoms with Crippen LogP contribution in [0.25, 0.3) is 0 Å². The highest BCUT2D eigenvalue weighted by molar-refractivity contribution is 6.01. The average molecular weight is 685 g/mol. The van der Waals surface area contributed by atoms with Gasteiger partial charge in [-0.15, -0.1) is 0 Å². The zero-order valence-electron chi connectivity index (χ0n) is 29.8. The first-order valence-electron chi connectivity index (χ1n) is 17.9. The van der Waals surface area contributed by atoms with Crippen LogP contribution in [-0.4, -0.2) is 84.3 Å². The zero-order valence-corrected chi connectivity index (χ0v) is 29.8. The van der Waals surface area contributed by atoms with E-state index in [1.807, 2.05) is 75.7 Å². The van der Waals surface area contributed by atoms with Crippen molar-refractivity contribution in [3.8, 4) is 0 Å². The summed E-state index contributed by atoms with van der Waals surface area (Å²) in [4.78, 5) is 39.7. The number of likely N-dealkylation sites (N-methyl/N-ethyl adjacent to an activating group) is 1. The van der Waals surface area contributed by atoms with Gasteiger partial charge in [-0.25, -0.2) is 4.79 Å². The van der Waals surface area contributed by atoms with E-state index in [9.17, 15) is 24.6 Å². The molecule has 2 N–H and O–H groups in total. The fourth-order valence-corrected chi connectivity index (χ4v) is 10.2. The molecule has 3 saturated carbocycles. The van der Waals surface area contributed by atoms with Crippen LogP contribution < -0.4 is 0 Å². The monoisotopic (exact) mass is 684 g/mol. The molecule has 9 atom stereocenters. The van der Waals surface area contributed by atoms with Gasteiger partial charge < -0.3 is 28.9 Å². The molecule has 1 saturated heterocycles. The first-order valence-corrected chi connectivity index (χ1v) is 17.9. The first-order chi connectivity index (χ1) is 23.7. The Morgan fingerprint density at radius 1 is 1.00 bits per heavy atom. The van der Waals surface area contributed by atoms with Crippen LogP contribution in [-0.2, 0) is 41.6 Å². The van der Waals surface area contributed by atoms with E-state index in [1.165, 1.54) is 0 Å². The smallest absolute Gasteiger partial charge is 0.362 e. The minimum absolute atomic E-state index is 0.0107. The zero-order chi connectivity index (χ0) is 35.6. The highest BCUT2D eigenvalue weighted by Gasteiger charge is 2.76. The molecule has 0 amide bonds. The quantitative estimate of drug-likeness (QED) is 0.290. The van der Waals surface area contributed by atoms with Crippen molar-refractivity contribution in [3.63, 3.8) is 0 Å². The normalized spacial score (nSPS) is 35.8. The number of ether oxygens (including phenoxy) is 3. The summed E-state index contributed by atoms with van der Waals surface area (Å²) in [5.74, 6) is -0.820. The Balaban J connectivity index is 1.18. The lowest BCUT2D eigenvalue weighted by Gasteiger charge is -2.59. The predicted octanol–water partition coefficient (Wildman–Crippen LogP) is 4.63. The van der Waals surface area contributed by atoms with Crippen LogP contribution in [0, 0.1) is 28.6 Å². The van der Waals surface area contributed by atoms with Crippen LogP contribution >= 0.6 is 0 Å². The van der Waals surface area contributed by atoms with E-state index >= 15 is 0 Å². The van der Waals surface area contributed by atoms with Gasteiger partial charge in [0.1, 0.15) is 0 Å². The maximum atomic E-state index is 14.6. The Bertz CT molecular complexity index is 1720. The van der Waals surface area contributed by atoms with Gasteiger partial charge in [-0.1, -0.05) is 74.0 Å². The number of carbonyl (C=O) groups excluding carboxylic acids is 3. The van der Waals surface area contributed by atoms with Gasteiger partial charge in [0.2, 0.25) is 5.78 Å². The van der Waals surface area contributed by atoms with Crippen molar-refractivity contribution < 1.29 is 43.3 Å². The molecule has 0 aromatic heterocycles. The van der Waals surface area contributed by atoms with Crippen molar-refractivity contribution in [1.82, 2.24) is 0 Å². The molecule has 7 rings (SSSR count). The summed E-state index contributed by atoms with van der Waals surface area (Å²) in [6, 6.07) is 15.9. The number of hydrogen-bond acceptors (Lipinski definition) is 8. The van der Waals surface area contributed by atoms with Gasteiger partial charge in [-0.3, -0.25) is 9.59 Å². The van der Waals surface area contributed by atoms with Gasteiger partial charge in [0.25, 0.3) is 0 Å². The number of rotatable bonds is 9. The fraction of sp³-hybridized carbons (Fsp3) is 0.537. The van der Waals surface area contributed by atoms with Crippen LogP contribution in [0.5, 0.6) is 0 Å². The Labute approximate surface area is 294 Å². The lowest BCUT2D eigenvalue weighted by atomic mass is 9.46. The van der Waals surface area contributed by atoms with Crippen molar-refractivity contribution in [2.45, 2.75) is 76.7 Å². The van der Waals surface area contributed by atoms with Crippen molar-refractivity contribution >= 4 is 17.5 Å². The number of hydrogen-bond donors (Lipinski definition) is 2. The number of Topliss-reactive ketones (excluding diaryl/α,β-unsaturated/α-hetero) is 1. The van der Waals surface area contributed by atoms with E-state index in [0.29, 0.717) is 17.3 Å². The molecule has 2 aromatic carbocycles. The average Bonchev–Trinajstić information content (AvgIpc) is 3.57. The third kappa shape index (κ3) is 5.81.